The maximum absolute atomic E-state index is 14.6. The molecule has 0 fully saturated rings. The molecule has 0 aliphatic heterocycles. The first-order valence-electron chi connectivity index (χ1n) is 9.52. The Bertz CT molecular complexity index is 1120. The second kappa shape index (κ2) is 9.82. The van der Waals surface area contributed by atoms with E-state index in [1.807, 2.05) is 13.8 Å². The number of nitrogens with one attached hydrogen (secondary N) is 1. The molecule has 0 saturated carbocycles. The molecular formula is C22H21FN4O4. The quantitative estimate of drug-likeness (QED) is 0.548. The highest BCUT2D eigenvalue weighted by atomic mass is 19.1. The number of methoxy groups -OCH3 is 1. The Morgan fingerprint density at radius 2 is 2.10 bits per heavy atom. The number of hydrogen-bond acceptors (Lipinski definition) is 8. The predicted molar refractivity (Wildman–Crippen MR) is 109 cm³/mol. The van der Waals surface area contributed by atoms with E-state index in [4.69, 9.17) is 9.26 Å². The summed E-state index contributed by atoms with van der Waals surface area (Å²) in [5.41, 5.74) is 1.68. The average molecular weight is 424 g/mol. The normalized spacial score (nSPS) is 10.7. The Balaban J connectivity index is 1.78. The van der Waals surface area contributed by atoms with Crippen LogP contribution in [0.5, 0.6) is 5.75 Å². The summed E-state index contributed by atoms with van der Waals surface area (Å²) < 4.78 is 30.0. The third-order valence-corrected chi connectivity index (χ3v) is 4.24. The maximum atomic E-state index is 14.6. The van der Waals surface area contributed by atoms with Crippen LogP contribution in [0, 0.1) is 17.1 Å². The summed E-state index contributed by atoms with van der Waals surface area (Å²) >= 11 is 0. The number of carbonyl (C=O) groups is 1. The van der Waals surface area contributed by atoms with Gasteiger partial charge >= 0.3 is 5.97 Å². The van der Waals surface area contributed by atoms with Crippen LogP contribution < -0.4 is 10.1 Å². The van der Waals surface area contributed by atoms with Gasteiger partial charge in [-0.1, -0.05) is 11.2 Å². The van der Waals surface area contributed by atoms with Crippen LogP contribution in [-0.4, -0.2) is 35.9 Å². The van der Waals surface area contributed by atoms with Crippen LogP contribution in [0.25, 0.3) is 22.8 Å². The van der Waals surface area contributed by atoms with Crippen molar-refractivity contribution in [2.45, 2.75) is 26.5 Å². The number of carbonyl (C=O) groups excluding carboxylic acids is 1. The molecule has 160 valence electrons. The predicted octanol–water partition coefficient (Wildman–Crippen LogP) is 3.46. The van der Waals surface area contributed by atoms with Crippen LogP contribution in [0.3, 0.4) is 0 Å². The van der Waals surface area contributed by atoms with Crippen molar-refractivity contribution in [1.82, 2.24) is 15.5 Å². The molecule has 3 aromatic rings. The summed E-state index contributed by atoms with van der Waals surface area (Å²) in [6.07, 6.45) is -0.0745. The molecule has 1 heterocycles. The number of nitriles is 1. The van der Waals surface area contributed by atoms with Gasteiger partial charge in [-0.15, -0.1) is 0 Å². The topological polar surface area (TPSA) is 110 Å². The summed E-state index contributed by atoms with van der Waals surface area (Å²) in [7, 11) is 1.30. The van der Waals surface area contributed by atoms with E-state index in [2.05, 4.69) is 26.3 Å². The Kier molecular flexibility index (Phi) is 6.95. The Hall–Kier alpha value is -3.77. The van der Waals surface area contributed by atoms with Gasteiger partial charge in [-0.2, -0.15) is 10.2 Å². The minimum Gasteiger partial charge on any atom is -0.490 e. The molecule has 0 spiro atoms. The van der Waals surface area contributed by atoms with Crippen LogP contribution in [0.15, 0.2) is 40.9 Å². The number of halogens is 1. The van der Waals surface area contributed by atoms with E-state index in [-0.39, 0.29) is 29.9 Å². The highest BCUT2D eigenvalue weighted by Gasteiger charge is 2.16. The van der Waals surface area contributed by atoms with Crippen molar-refractivity contribution >= 4 is 5.97 Å². The molecule has 1 aromatic heterocycles. The fourth-order valence-corrected chi connectivity index (χ4v) is 2.79. The molecule has 2 aromatic carbocycles. The molecule has 0 aliphatic carbocycles. The molecule has 0 atom stereocenters. The van der Waals surface area contributed by atoms with Gasteiger partial charge in [0.15, 0.2) is 0 Å². The van der Waals surface area contributed by atoms with Crippen LogP contribution >= 0.6 is 0 Å². The summed E-state index contributed by atoms with van der Waals surface area (Å²) in [4.78, 5) is 15.4. The number of aromatic nitrogens is 2. The van der Waals surface area contributed by atoms with Gasteiger partial charge in [0.25, 0.3) is 5.89 Å². The van der Waals surface area contributed by atoms with E-state index in [0.717, 1.165) is 0 Å². The van der Waals surface area contributed by atoms with E-state index in [1.54, 1.807) is 30.3 Å². The summed E-state index contributed by atoms with van der Waals surface area (Å²) in [5.74, 6) is -0.222. The SMILES string of the molecule is COC(=O)CNCc1ccc(-c2noc(-c3ccc(OC(C)C)c(C#N)c3)n2)c(F)c1. The van der Waals surface area contributed by atoms with Crippen LogP contribution in [0.4, 0.5) is 4.39 Å². The average Bonchev–Trinajstić information content (AvgIpc) is 3.23. The van der Waals surface area contributed by atoms with Crippen LogP contribution in [0.2, 0.25) is 0 Å². The number of ether oxygens (including phenoxy) is 2. The van der Waals surface area contributed by atoms with Gasteiger partial charge in [0, 0.05) is 12.1 Å². The second-order valence-corrected chi connectivity index (χ2v) is 6.91. The minimum absolute atomic E-state index is 0.0275. The lowest BCUT2D eigenvalue weighted by molar-refractivity contribution is -0.139. The molecule has 0 bridgehead atoms. The van der Waals surface area contributed by atoms with E-state index in [0.29, 0.717) is 29.0 Å². The van der Waals surface area contributed by atoms with Crippen molar-refractivity contribution in [3.8, 4) is 34.7 Å². The van der Waals surface area contributed by atoms with Crippen molar-refractivity contribution < 1.29 is 23.2 Å². The lowest BCUT2D eigenvalue weighted by atomic mass is 10.1. The van der Waals surface area contributed by atoms with E-state index in [1.165, 1.54) is 13.2 Å². The lowest BCUT2D eigenvalue weighted by Gasteiger charge is -2.11. The Morgan fingerprint density at radius 1 is 1.29 bits per heavy atom. The smallest absolute Gasteiger partial charge is 0.319 e. The van der Waals surface area contributed by atoms with Gasteiger partial charge in [-0.3, -0.25) is 4.79 Å². The standard InChI is InChI=1S/C22H21FN4O4/c1-13(2)30-19-7-5-15(9-16(19)10-24)22-26-21(27-31-22)17-6-4-14(8-18(17)23)11-25-12-20(28)29-3/h4-9,13,25H,11-12H2,1-3H3. The second-order valence-electron chi connectivity index (χ2n) is 6.91. The first kappa shape index (κ1) is 21.9. The van der Waals surface area contributed by atoms with E-state index in [9.17, 15) is 14.4 Å². The van der Waals surface area contributed by atoms with Crippen LogP contribution in [0.1, 0.15) is 25.0 Å². The molecule has 9 heteroatoms. The summed E-state index contributed by atoms with van der Waals surface area (Å²) in [6.45, 7) is 4.06. The zero-order chi connectivity index (χ0) is 22.4. The van der Waals surface area contributed by atoms with Crippen molar-refractivity contribution in [2.75, 3.05) is 13.7 Å². The first-order chi connectivity index (χ1) is 14.9. The molecule has 31 heavy (non-hydrogen) atoms. The number of rotatable bonds is 8. The van der Waals surface area contributed by atoms with Gasteiger partial charge in [0.05, 0.1) is 30.9 Å². The highest BCUT2D eigenvalue weighted by molar-refractivity contribution is 5.71. The van der Waals surface area contributed by atoms with Crippen molar-refractivity contribution in [3.63, 3.8) is 0 Å². The van der Waals surface area contributed by atoms with Gasteiger partial charge < -0.3 is 19.3 Å². The number of hydrogen-bond donors (Lipinski definition) is 1. The Labute approximate surface area is 178 Å². The molecular weight excluding hydrogens is 403 g/mol. The molecule has 0 unspecified atom stereocenters. The summed E-state index contributed by atoms with van der Waals surface area (Å²) in [6, 6.07) is 11.6. The van der Waals surface area contributed by atoms with Crippen molar-refractivity contribution in [1.29, 1.82) is 5.26 Å². The van der Waals surface area contributed by atoms with Crippen molar-refractivity contribution in [2.24, 2.45) is 0 Å². The van der Waals surface area contributed by atoms with E-state index < -0.39 is 11.8 Å². The fourth-order valence-electron chi connectivity index (χ4n) is 2.79. The largest absolute Gasteiger partial charge is 0.490 e. The van der Waals surface area contributed by atoms with Crippen LogP contribution in [-0.2, 0) is 16.1 Å². The van der Waals surface area contributed by atoms with Gasteiger partial charge in [0.1, 0.15) is 17.6 Å². The molecule has 8 nitrogen and oxygen atoms in total. The van der Waals surface area contributed by atoms with Gasteiger partial charge in [-0.25, -0.2) is 4.39 Å². The maximum Gasteiger partial charge on any atom is 0.319 e. The lowest BCUT2D eigenvalue weighted by Crippen LogP contribution is -2.23. The highest BCUT2D eigenvalue weighted by Crippen LogP contribution is 2.28. The number of esters is 1. The van der Waals surface area contributed by atoms with Gasteiger partial charge in [0.2, 0.25) is 5.82 Å². The molecule has 0 radical (unpaired) electrons. The molecule has 3 rings (SSSR count). The monoisotopic (exact) mass is 424 g/mol. The first-order valence-corrected chi connectivity index (χ1v) is 9.52. The Morgan fingerprint density at radius 3 is 2.77 bits per heavy atom. The molecule has 0 saturated heterocycles. The third-order valence-electron chi connectivity index (χ3n) is 4.24. The third kappa shape index (κ3) is 5.43. The fraction of sp³-hybridized carbons (Fsp3) is 0.273. The molecule has 0 amide bonds. The molecule has 0 aliphatic rings. The zero-order valence-corrected chi connectivity index (χ0v) is 17.3. The zero-order valence-electron chi connectivity index (χ0n) is 17.3. The van der Waals surface area contributed by atoms with E-state index >= 15 is 0 Å². The minimum atomic E-state index is -0.525. The van der Waals surface area contributed by atoms with Gasteiger partial charge in [-0.05, 0) is 49.7 Å². The van der Waals surface area contributed by atoms with Crippen molar-refractivity contribution in [3.05, 3.63) is 53.3 Å². The number of benzene rings is 2. The molecule has 1 N–H and O–H groups in total. The number of nitrogens with zero attached hydrogens (tertiary/aromatic N) is 3. The summed E-state index contributed by atoms with van der Waals surface area (Å²) in [5, 5.41) is 16.1.